The number of pyridine rings is 1. The van der Waals surface area contributed by atoms with Crippen LogP contribution in [-0.4, -0.2) is 34.5 Å². The SMILES string of the molecule is Cc1cccc(Cn2cnnc2CN(c2ccc(Oc3ccccc3)cc2)S(=O)(=O)c2ccc(-c3ccc(F)c(Cl)c3)cc2OC(F)(F)F)n1. The molecule has 0 radical (unpaired) electrons. The molecule has 0 bridgehead atoms. The second-order valence-electron chi connectivity index (χ2n) is 10.9. The van der Waals surface area contributed by atoms with E-state index in [-0.39, 0.29) is 34.2 Å². The lowest BCUT2D eigenvalue weighted by Gasteiger charge is -2.26. The normalized spacial score (nSPS) is 11.7. The molecule has 6 aromatic rings. The summed E-state index contributed by atoms with van der Waals surface area (Å²) >= 11 is 5.90. The number of alkyl halides is 3. The Morgan fingerprint density at radius 3 is 2.26 bits per heavy atom. The van der Waals surface area contributed by atoms with Gasteiger partial charge in [-0.15, -0.1) is 23.4 Å². The molecule has 0 aliphatic rings. The van der Waals surface area contributed by atoms with Gasteiger partial charge in [-0.1, -0.05) is 48.0 Å². The molecule has 2 heterocycles. The van der Waals surface area contributed by atoms with E-state index < -0.39 is 39.4 Å². The summed E-state index contributed by atoms with van der Waals surface area (Å²) in [5, 5.41) is 7.82. The van der Waals surface area contributed by atoms with Gasteiger partial charge in [0.2, 0.25) is 0 Å². The van der Waals surface area contributed by atoms with Gasteiger partial charge in [-0.25, -0.2) is 12.8 Å². The van der Waals surface area contributed by atoms with E-state index in [0.717, 1.165) is 28.2 Å². The summed E-state index contributed by atoms with van der Waals surface area (Å²) in [7, 11) is -4.83. The zero-order valence-electron chi connectivity index (χ0n) is 26.1. The summed E-state index contributed by atoms with van der Waals surface area (Å²) in [5.41, 5.74) is 1.84. The minimum absolute atomic E-state index is 0.0843. The summed E-state index contributed by atoms with van der Waals surface area (Å²) in [6.07, 6.45) is -3.85. The fourth-order valence-electron chi connectivity index (χ4n) is 5.04. The Morgan fingerprint density at radius 2 is 1.56 bits per heavy atom. The van der Waals surface area contributed by atoms with Crippen molar-refractivity contribution in [1.82, 2.24) is 19.7 Å². The first-order valence-electron chi connectivity index (χ1n) is 14.9. The standard InChI is InChI=1S/C35H26ClF4N5O4S/c1-23-6-5-7-26(42-23)20-44-22-41-43-34(44)21-45(27-12-14-29(15-13-27)48-28-8-3-2-4-9-28)50(46,47)33-17-11-25(19-32(33)49-35(38,39)40)24-10-16-31(37)30(36)18-24/h2-19,22H,20-21H2,1H3. The average molecular weight is 724 g/mol. The Kier molecular flexibility index (Phi) is 9.75. The van der Waals surface area contributed by atoms with E-state index in [1.165, 1.54) is 48.8 Å². The number of aryl methyl sites for hydroxylation is 1. The van der Waals surface area contributed by atoms with Crippen LogP contribution in [0.5, 0.6) is 17.2 Å². The molecule has 0 saturated carbocycles. The van der Waals surface area contributed by atoms with Crippen LogP contribution in [0.2, 0.25) is 5.02 Å². The van der Waals surface area contributed by atoms with Gasteiger partial charge in [0, 0.05) is 5.69 Å². The van der Waals surface area contributed by atoms with Crippen LogP contribution in [0.25, 0.3) is 11.1 Å². The number of anilines is 1. The number of aromatic nitrogens is 4. The number of ether oxygens (including phenoxy) is 2. The fourth-order valence-corrected chi connectivity index (χ4v) is 6.74. The van der Waals surface area contributed by atoms with E-state index >= 15 is 0 Å². The Hall–Kier alpha value is -5.47. The Morgan fingerprint density at radius 1 is 0.860 bits per heavy atom. The molecule has 50 heavy (non-hydrogen) atoms. The van der Waals surface area contributed by atoms with Gasteiger partial charge in [-0.2, -0.15) is 0 Å². The minimum Gasteiger partial charge on any atom is -0.457 e. The first-order chi connectivity index (χ1) is 23.9. The van der Waals surface area contributed by atoms with Crippen molar-refractivity contribution in [3.63, 3.8) is 0 Å². The highest BCUT2D eigenvalue weighted by Gasteiger charge is 2.37. The zero-order chi connectivity index (χ0) is 35.5. The predicted octanol–water partition coefficient (Wildman–Crippen LogP) is 8.58. The highest BCUT2D eigenvalue weighted by atomic mass is 35.5. The van der Waals surface area contributed by atoms with Gasteiger partial charge in [0.15, 0.2) is 11.6 Å². The Balaban J connectivity index is 1.43. The van der Waals surface area contributed by atoms with Gasteiger partial charge in [-0.05, 0) is 90.8 Å². The van der Waals surface area contributed by atoms with Crippen LogP contribution in [0, 0.1) is 12.7 Å². The van der Waals surface area contributed by atoms with Gasteiger partial charge in [0.1, 0.15) is 28.5 Å². The first-order valence-corrected chi connectivity index (χ1v) is 16.7. The molecule has 15 heteroatoms. The molecule has 6 rings (SSSR count). The minimum atomic E-state index is -5.26. The maximum absolute atomic E-state index is 14.5. The number of halogens is 5. The van der Waals surface area contributed by atoms with Crippen molar-refractivity contribution in [2.75, 3.05) is 4.31 Å². The van der Waals surface area contributed by atoms with E-state index in [0.29, 0.717) is 17.2 Å². The van der Waals surface area contributed by atoms with Crippen LogP contribution in [0.3, 0.4) is 0 Å². The average Bonchev–Trinajstić information content (AvgIpc) is 3.51. The maximum atomic E-state index is 14.5. The van der Waals surface area contributed by atoms with Crippen LogP contribution < -0.4 is 13.8 Å². The third-order valence-electron chi connectivity index (χ3n) is 7.35. The molecule has 0 aliphatic heterocycles. The van der Waals surface area contributed by atoms with Gasteiger partial charge in [0.25, 0.3) is 10.0 Å². The highest BCUT2D eigenvalue weighted by Crippen LogP contribution is 2.38. The molecule has 0 aliphatic carbocycles. The lowest BCUT2D eigenvalue weighted by molar-refractivity contribution is -0.275. The van der Waals surface area contributed by atoms with E-state index in [1.807, 2.05) is 25.1 Å². The second-order valence-corrected chi connectivity index (χ2v) is 13.1. The van der Waals surface area contributed by atoms with Crippen molar-refractivity contribution in [3.8, 4) is 28.4 Å². The maximum Gasteiger partial charge on any atom is 0.573 e. The lowest BCUT2D eigenvalue weighted by atomic mass is 10.1. The molecule has 256 valence electrons. The summed E-state index contributed by atoms with van der Waals surface area (Å²) in [5.74, 6) is -0.635. The van der Waals surface area contributed by atoms with Crippen molar-refractivity contribution in [2.24, 2.45) is 0 Å². The van der Waals surface area contributed by atoms with E-state index in [2.05, 4.69) is 19.9 Å². The summed E-state index contributed by atoms with van der Waals surface area (Å²) in [6.45, 7) is 1.58. The largest absolute Gasteiger partial charge is 0.573 e. The third kappa shape index (κ3) is 8.04. The van der Waals surface area contributed by atoms with Gasteiger partial charge in [0.05, 0.1) is 29.5 Å². The smallest absolute Gasteiger partial charge is 0.457 e. The van der Waals surface area contributed by atoms with Crippen molar-refractivity contribution in [1.29, 1.82) is 0 Å². The third-order valence-corrected chi connectivity index (χ3v) is 9.46. The molecule has 0 unspecified atom stereocenters. The number of benzene rings is 4. The van der Waals surface area contributed by atoms with Crippen molar-refractivity contribution in [2.45, 2.75) is 31.3 Å². The zero-order valence-corrected chi connectivity index (χ0v) is 27.6. The number of hydrogen-bond acceptors (Lipinski definition) is 7. The van der Waals surface area contributed by atoms with Crippen molar-refractivity contribution < 1.29 is 35.5 Å². The van der Waals surface area contributed by atoms with Gasteiger partial charge < -0.3 is 14.0 Å². The van der Waals surface area contributed by atoms with E-state index in [4.69, 9.17) is 16.3 Å². The second kappa shape index (κ2) is 14.2. The first kappa shape index (κ1) is 34.4. The van der Waals surface area contributed by atoms with Crippen LogP contribution in [0.15, 0.2) is 120 Å². The van der Waals surface area contributed by atoms with E-state index in [9.17, 15) is 26.0 Å². The molecule has 0 fully saturated rings. The van der Waals surface area contributed by atoms with Crippen molar-refractivity contribution >= 4 is 27.3 Å². The van der Waals surface area contributed by atoms with Gasteiger partial charge in [-0.3, -0.25) is 9.29 Å². The summed E-state index contributed by atoms with van der Waals surface area (Å²) in [4.78, 5) is 3.69. The highest BCUT2D eigenvalue weighted by molar-refractivity contribution is 7.93. The Bertz CT molecular complexity index is 2230. The number of hydrogen-bond donors (Lipinski definition) is 0. The molecule has 4 aromatic carbocycles. The van der Waals surface area contributed by atoms with Crippen molar-refractivity contribution in [3.05, 3.63) is 144 Å². The molecular formula is C35H26ClF4N5O4S. The molecular weight excluding hydrogens is 698 g/mol. The lowest BCUT2D eigenvalue weighted by Crippen LogP contribution is -2.32. The molecule has 9 nitrogen and oxygen atoms in total. The summed E-state index contributed by atoms with van der Waals surface area (Å²) in [6, 6.07) is 27.0. The molecule has 0 spiro atoms. The Labute approximate surface area is 289 Å². The van der Waals surface area contributed by atoms with Crippen LogP contribution in [0.1, 0.15) is 17.2 Å². The van der Waals surface area contributed by atoms with Crippen LogP contribution >= 0.6 is 11.6 Å². The van der Waals surface area contributed by atoms with Gasteiger partial charge >= 0.3 is 6.36 Å². The van der Waals surface area contributed by atoms with Crippen LogP contribution in [0.4, 0.5) is 23.2 Å². The molecule has 2 aromatic heterocycles. The topological polar surface area (TPSA) is 99.4 Å². The number of nitrogens with zero attached hydrogens (tertiary/aromatic N) is 5. The monoisotopic (exact) mass is 723 g/mol. The molecule has 0 saturated heterocycles. The quantitative estimate of drug-likeness (QED) is 0.124. The number of rotatable bonds is 11. The molecule has 0 N–H and O–H groups in total. The van der Waals surface area contributed by atoms with Crippen LogP contribution in [-0.2, 0) is 23.1 Å². The molecule has 0 atom stereocenters. The summed E-state index contributed by atoms with van der Waals surface area (Å²) < 4.78 is 96.7. The molecule has 0 amide bonds. The predicted molar refractivity (Wildman–Crippen MR) is 178 cm³/mol. The van der Waals surface area contributed by atoms with E-state index in [1.54, 1.807) is 34.9 Å². The fraction of sp³-hybridized carbons (Fsp3) is 0.114. The number of sulfonamides is 1. The number of para-hydroxylation sites is 1.